The molecule has 0 saturated heterocycles. The first-order valence-electron chi connectivity index (χ1n) is 18.2. The van der Waals surface area contributed by atoms with Gasteiger partial charge in [0.1, 0.15) is 0 Å². The van der Waals surface area contributed by atoms with Gasteiger partial charge in [-0.05, 0) is 64.4 Å². The van der Waals surface area contributed by atoms with Gasteiger partial charge in [0.05, 0.1) is 22.1 Å². The molecule has 0 atom stereocenters. The van der Waals surface area contributed by atoms with Crippen molar-refractivity contribution in [2.45, 2.75) is 0 Å². The Kier molecular flexibility index (Phi) is 6.79. The molecule has 0 spiro atoms. The first-order valence-corrected chi connectivity index (χ1v) is 18.2. The van der Waals surface area contributed by atoms with E-state index in [2.05, 4.69) is 137 Å². The van der Waals surface area contributed by atoms with Crippen molar-refractivity contribution in [1.29, 1.82) is 0 Å². The Morgan fingerprint density at radius 2 is 0.870 bits per heavy atom. The van der Waals surface area contributed by atoms with Crippen LogP contribution in [0.2, 0.25) is 0 Å². The quantitative estimate of drug-likeness (QED) is 0.181. The zero-order valence-electron chi connectivity index (χ0n) is 29.1. The molecular weight excluding hydrogens is 659 g/mol. The molecule has 0 saturated carbocycles. The summed E-state index contributed by atoms with van der Waals surface area (Å²) in [6, 6.07) is 66.3. The molecule has 8 aromatic carbocycles. The molecule has 0 aliphatic heterocycles. The number of hydrogen-bond acceptors (Lipinski definition) is 3. The van der Waals surface area contributed by atoms with Gasteiger partial charge in [-0.2, -0.15) is 9.97 Å². The fraction of sp³-hybridized carbons (Fsp3) is 0. The maximum absolute atomic E-state index is 5.15. The topological polar surface area (TPSA) is 48.5 Å². The Bertz CT molecular complexity index is 3140. The van der Waals surface area contributed by atoms with E-state index in [0.717, 1.165) is 49.7 Å². The molecule has 0 aliphatic carbocycles. The van der Waals surface area contributed by atoms with Crippen LogP contribution in [0.3, 0.4) is 0 Å². The highest BCUT2D eigenvalue weighted by Gasteiger charge is 2.20. The highest BCUT2D eigenvalue weighted by Crippen LogP contribution is 2.40. The van der Waals surface area contributed by atoms with Gasteiger partial charge in [-0.1, -0.05) is 146 Å². The van der Waals surface area contributed by atoms with Gasteiger partial charge < -0.3 is 4.57 Å². The Labute approximate surface area is 311 Å². The van der Waals surface area contributed by atoms with E-state index < -0.39 is 0 Å². The van der Waals surface area contributed by atoms with E-state index in [1.165, 1.54) is 32.6 Å². The maximum Gasteiger partial charge on any atom is 0.238 e. The third-order valence-electron chi connectivity index (χ3n) is 10.6. The fourth-order valence-corrected chi connectivity index (χ4v) is 8.09. The maximum atomic E-state index is 5.15. The zero-order chi connectivity index (χ0) is 35.6. The highest BCUT2D eigenvalue weighted by molar-refractivity contribution is 6.22. The van der Waals surface area contributed by atoms with Crippen molar-refractivity contribution in [2.24, 2.45) is 0 Å². The third kappa shape index (κ3) is 4.76. The van der Waals surface area contributed by atoms with E-state index in [-0.39, 0.29) is 0 Å². The van der Waals surface area contributed by atoms with Crippen molar-refractivity contribution < 1.29 is 0 Å². The van der Waals surface area contributed by atoms with Crippen LogP contribution in [0, 0.1) is 0 Å². The number of aromatic nitrogens is 5. The van der Waals surface area contributed by atoms with Crippen LogP contribution in [0.5, 0.6) is 0 Å². The number of fused-ring (bicyclic) bond motifs is 8. The summed E-state index contributed by atoms with van der Waals surface area (Å²) in [4.78, 5) is 15.3. The van der Waals surface area contributed by atoms with Crippen molar-refractivity contribution in [3.63, 3.8) is 0 Å². The lowest BCUT2D eigenvalue weighted by Crippen LogP contribution is -2.06. The Balaban J connectivity index is 1.16. The average Bonchev–Trinajstić information content (AvgIpc) is 3.77. The van der Waals surface area contributed by atoms with Crippen LogP contribution >= 0.6 is 0 Å². The van der Waals surface area contributed by atoms with E-state index in [0.29, 0.717) is 17.6 Å². The van der Waals surface area contributed by atoms with Gasteiger partial charge in [0.2, 0.25) is 5.95 Å². The molecule has 3 heterocycles. The van der Waals surface area contributed by atoms with Crippen molar-refractivity contribution in [2.75, 3.05) is 0 Å². The zero-order valence-corrected chi connectivity index (χ0v) is 29.1. The minimum absolute atomic E-state index is 0.582. The lowest BCUT2D eigenvalue weighted by atomic mass is 9.99. The van der Waals surface area contributed by atoms with Gasteiger partial charge >= 0.3 is 0 Å². The smallest absolute Gasteiger partial charge is 0.238 e. The Morgan fingerprint density at radius 1 is 0.315 bits per heavy atom. The van der Waals surface area contributed by atoms with Crippen molar-refractivity contribution >= 4 is 54.4 Å². The summed E-state index contributed by atoms with van der Waals surface area (Å²) in [5, 5.41) is 7.26. The van der Waals surface area contributed by atoms with E-state index in [4.69, 9.17) is 15.0 Å². The molecule has 252 valence electrons. The molecule has 0 radical (unpaired) electrons. The molecule has 3 aromatic heterocycles. The molecule has 0 unspecified atom stereocenters. The Hall–Kier alpha value is -7.37. The molecule has 54 heavy (non-hydrogen) atoms. The van der Waals surface area contributed by atoms with Crippen molar-refractivity contribution in [3.8, 4) is 45.5 Å². The molecule has 0 aliphatic rings. The number of rotatable bonds is 5. The van der Waals surface area contributed by atoms with Gasteiger partial charge in [-0.15, -0.1) is 0 Å². The molecule has 5 heteroatoms. The SMILES string of the molecule is c1ccc(-c2nc(-c3ccccc3)nc(-n3c4ccccc4c4ccc(-c5ccc6c(c5)c5c7ccccc7ccc5n6-c5ccccc5)cc43)n2)cc1. The number of hydrogen-bond donors (Lipinski definition) is 0. The third-order valence-corrected chi connectivity index (χ3v) is 10.6. The second-order valence-corrected chi connectivity index (χ2v) is 13.7. The van der Waals surface area contributed by atoms with Crippen molar-refractivity contribution in [3.05, 3.63) is 188 Å². The van der Waals surface area contributed by atoms with Gasteiger partial charge in [-0.3, -0.25) is 4.57 Å². The van der Waals surface area contributed by atoms with Gasteiger partial charge in [0.15, 0.2) is 11.6 Å². The summed E-state index contributed by atoms with van der Waals surface area (Å²) in [6.07, 6.45) is 0. The first-order chi connectivity index (χ1) is 26.8. The number of benzene rings is 8. The monoisotopic (exact) mass is 689 g/mol. The minimum Gasteiger partial charge on any atom is -0.309 e. The minimum atomic E-state index is 0.582. The van der Waals surface area contributed by atoms with Gasteiger partial charge in [0.25, 0.3) is 0 Å². The standard InChI is InChI=1S/C49H31N5/c1-4-15-33(16-5-1)47-50-48(34-17-6-2-7-18-34)52-49(51-47)54-42-23-13-12-22-39(42)40-27-24-36(31-45(40)54)35-26-28-43-41(30-35)46-38-21-11-10-14-32(38)25-29-44(46)53(43)37-19-8-3-9-20-37/h1-31H. The molecular formula is C49H31N5. The predicted molar refractivity (Wildman–Crippen MR) is 222 cm³/mol. The molecule has 11 aromatic rings. The summed E-state index contributed by atoms with van der Waals surface area (Å²) < 4.78 is 4.58. The number of nitrogens with zero attached hydrogens (tertiary/aromatic N) is 5. The van der Waals surface area contributed by atoms with Crippen LogP contribution in [0.25, 0.3) is 99.9 Å². The summed E-state index contributed by atoms with van der Waals surface area (Å²) in [5.74, 6) is 1.85. The van der Waals surface area contributed by atoms with E-state index in [9.17, 15) is 0 Å². The largest absolute Gasteiger partial charge is 0.309 e. The second kappa shape index (κ2) is 12.1. The Morgan fingerprint density at radius 3 is 1.61 bits per heavy atom. The van der Waals surface area contributed by atoms with Crippen LogP contribution in [-0.4, -0.2) is 24.1 Å². The van der Waals surface area contributed by atoms with Crippen LogP contribution in [0.1, 0.15) is 0 Å². The van der Waals surface area contributed by atoms with E-state index >= 15 is 0 Å². The van der Waals surface area contributed by atoms with Crippen LogP contribution in [0.4, 0.5) is 0 Å². The first kappa shape index (κ1) is 30.3. The van der Waals surface area contributed by atoms with Gasteiger partial charge in [0, 0.05) is 38.4 Å². The average molecular weight is 690 g/mol. The summed E-state index contributed by atoms with van der Waals surface area (Å²) in [5.41, 5.74) is 9.75. The molecule has 0 amide bonds. The number of para-hydroxylation sites is 2. The summed E-state index contributed by atoms with van der Waals surface area (Å²) in [7, 11) is 0. The predicted octanol–water partition coefficient (Wildman–Crippen LogP) is 12.2. The van der Waals surface area contributed by atoms with Crippen LogP contribution in [-0.2, 0) is 0 Å². The lowest BCUT2D eigenvalue weighted by molar-refractivity contribution is 0.953. The molecule has 5 nitrogen and oxygen atoms in total. The molecule has 0 N–H and O–H groups in total. The lowest BCUT2D eigenvalue weighted by Gasteiger charge is -2.11. The van der Waals surface area contributed by atoms with Crippen LogP contribution in [0.15, 0.2) is 188 Å². The highest BCUT2D eigenvalue weighted by atomic mass is 15.2. The molecule has 0 fully saturated rings. The molecule has 0 bridgehead atoms. The van der Waals surface area contributed by atoms with E-state index in [1.54, 1.807) is 0 Å². The normalized spacial score (nSPS) is 11.7. The van der Waals surface area contributed by atoms with Crippen LogP contribution < -0.4 is 0 Å². The fourth-order valence-electron chi connectivity index (χ4n) is 8.09. The van der Waals surface area contributed by atoms with Gasteiger partial charge in [-0.25, -0.2) is 4.98 Å². The summed E-state index contributed by atoms with van der Waals surface area (Å²) in [6.45, 7) is 0. The van der Waals surface area contributed by atoms with Crippen molar-refractivity contribution in [1.82, 2.24) is 24.1 Å². The van der Waals surface area contributed by atoms with E-state index in [1.807, 2.05) is 60.7 Å². The summed E-state index contributed by atoms with van der Waals surface area (Å²) >= 11 is 0. The second-order valence-electron chi connectivity index (χ2n) is 13.7. The molecule has 11 rings (SSSR count).